The van der Waals surface area contributed by atoms with Crippen molar-refractivity contribution in [3.63, 3.8) is 0 Å². The van der Waals surface area contributed by atoms with Crippen LogP contribution in [0.2, 0.25) is 0 Å². The van der Waals surface area contributed by atoms with Crippen molar-refractivity contribution in [2.75, 3.05) is 13.6 Å². The molecule has 0 aliphatic carbocycles. The van der Waals surface area contributed by atoms with Gasteiger partial charge in [0.25, 0.3) is 5.91 Å². The highest BCUT2D eigenvalue weighted by atomic mass is 16.3. The molecule has 1 amide bonds. The first-order valence-corrected chi connectivity index (χ1v) is 11.0. The third-order valence-corrected chi connectivity index (χ3v) is 5.61. The lowest BCUT2D eigenvalue weighted by Crippen LogP contribution is -2.19. The number of likely N-dealkylation sites (tertiary alicyclic amines) is 1. The standard InChI is InChI=1S/C23H41NO3/c1-18(2)15-16-19(3)13-11-9-7-5-6-8-10-12-14-20(25)22-21(26)17-24(4)23(22)27/h18-19,25H,5-17H2,1-4H3/b22-20-. The molecule has 1 atom stereocenters. The van der Waals surface area contributed by atoms with Crippen molar-refractivity contribution >= 4 is 11.7 Å². The molecule has 0 saturated carbocycles. The number of amides is 1. The zero-order chi connectivity index (χ0) is 20.2. The molecule has 1 saturated heterocycles. The number of hydrogen-bond acceptors (Lipinski definition) is 3. The summed E-state index contributed by atoms with van der Waals surface area (Å²) < 4.78 is 0. The van der Waals surface area contributed by atoms with Crippen molar-refractivity contribution in [3.05, 3.63) is 11.3 Å². The molecule has 4 nitrogen and oxygen atoms in total. The minimum Gasteiger partial charge on any atom is -0.511 e. The average Bonchev–Trinajstić information content (AvgIpc) is 2.86. The number of hydrogen-bond donors (Lipinski definition) is 1. The van der Waals surface area contributed by atoms with Crippen molar-refractivity contribution in [1.82, 2.24) is 4.90 Å². The molecule has 1 rings (SSSR count). The molecule has 1 aliphatic rings. The smallest absolute Gasteiger partial charge is 0.261 e. The average molecular weight is 380 g/mol. The summed E-state index contributed by atoms with van der Waals surface area (Å²) in [6.45, 7) is 7.08. The van der Waals surface area contributed by atoms with Crippen LogP contribution >= 0.6 is 0 Å². The van der Waals surface area contributed by atoms with Crippen molar-refractivity contribution < 1.29 is 14.7 Å². The quantitative estimate of drug-likeness (QED) is 0.179. The summed E-state index contributed by atoms with van der Waals surface area (Å²) in [6.07, 6.45) is 14.1. The molecule has 0 aromatic carbocycles. The number of Topliss-reactive ketones (excluding diaryl/α,β-unsaturated/α-hetero) is 1. The SMILES string of the molecule is CC(C)CCC(C)CCCCCCCCCC/C(O)=C1\C(=O)CN(C)C1=O. The van der Waals surface area contributed by atoms with Gasteiger partial charge in [0.1, 0.15) is 11.3 Å². The number of carbonyl (C=O) groups excluding carboxylic acids is 2. The van der Waals surface area contributed by atoms with E-state index in [1.54, 1.807) is 7.05 Å². The number of aliphatic hydroxyl groups excluding tert-OH is 1. The van der Waals surface area contributed by atoms with Crippen LogP contribution in [-0.2, 0) is 9.59 Å². The van der Waals surface area contributed by atoms with Gasteiger partial charge in [-0.25, -0.2) is 0 Å². The lowest BCUT2D eigenvalue weighted by molar-refractivity contribution is -0.123. The van der Waals surface area contributed by atoms with E-state index in [1.165, 1.54) is 56.3 Å². The van der Waals surface area contributed by atoms with Gasteiger partial charge in [-0.2, -0.15) is 0 Å². The molecule has 156 valence electrons. The zero-order valence-electron chi connectivity index (χ0n) is 18.1. The Morgan fingerprint density at radius 3 is 1.96 bits per heavy atom. The number of carbonyl (C=O) groups is 2. The largest absolute Gasteiger partial charge is 0.511 e. The number of allylic oxidation sites excluding steroid dienone is 1. The van der Waals surface area contributed by atoms with Gasteiger partial charge in [-0.3, -0.25) is 9.59 Å². The van der Waals surface area contributed by atoms with Gasteiger partial charge in [0.15, 0.2) is 5.78 Å². The Bertz CT molecular complexity index is 496. The Labute approximate surface area is 166 Å². The van der Waals surface area contributed by atoms with E-state index in [-0.39, 0.29) is 29.6 Å². The van der Waals surface area contributed by atoms with E-state index in [9.17, 15) is 14.7 Å². The zero-order valence-corrected chi connectivity index (χ0v) is 18.1. The van der Waals surface area contributed by atoms with E-state index in [4.69, 9.17) is 0 Å². The molecular weight excluding hydrogens is 338 g/mol. The number of aliphatic hydroxyl groups is 1. The summed E-state index contributed by atoms with van der Waals surface area (Å²) in [6, 6.07) is 0. The second-order valence-corrected chi connectivity index (χ2v) is 8.85. The first-order valence-electron chi connectivity index (χ1n) is 11.0. The van der Waals surface area contributed by atoms with Crippen LogP contribution in [-0.4, -0.2) is 35.3 Å². The molecule has 0 bridgehead atoms. The topological polar surface area (TPSA) is 57.6 Å². The number of nitrogens with zero attached hydrogens (tertiary/aromatic N) is 1. The van der Waals surface area contributed by atoms with E-state index in [2.05, 4.69) is 20.8 Å². The summed E-state index contributed by atoms with van der Waals surface area (Å²) in [5.41, 5.74) is 0.0140. The lowest BCUT2D eigenvalue weighted by Gasteiger charge is -2.12. The number of rotatable bonds is 14. The van der Waals surface area contributed by atoms with Gasteiger partial charge in [0, 0.05) is 13.5 Å². The Balaban J connectivity index is 1.99. The van der Waals surface area contributed by atoms with Crippen molar-refractivity contribution in [3.8, 4) is 0 Å². The van der Waals surface area contributed by atoms with Gasteiger partial charge >= 0.3 is 0 Å². The molecule has 0 aromatic rings. The third-order valence-electron chi connectivity index (χ3n) is 5.61. The van der Waals surface area contributed by atoms with E-state index in [0.717, 1.165) is 31.1 Å². The Hall–Kier alpha value is -1.32. The number of ketones is 1. The maximum Gasteiger partial charge on any atom is 0.261 e. The van der Waals surface area contributed by atoms with E-state index >= 15 is 0 Å². The first-order chi connectivity index (χ1) is 12.8. The molecule has 1 unspecified atom stereocenters. The fourth-order valence-corrected chi connectivity index (χ4v) is 3.69. The van der Waals surface area contributed by atoms with Crippen molar-refractivity contribution in [2.45, 2.75) is 97.8 Å². The molecule has 1 N–H and O–H groups in total. The van der Waals surface area contributed by atoms with E-state index in [0.29, 0.717) is 6.42 Å². The van der Waals surface area contributed by atoms with Crippen molar-refractivity contribution in [2.24, 2.45) is 11.8 Å². The molecular formula is C23H41NO3. The molecule has 0 spiro atoms. The van der Waals surface area contributed by atoms with Crippen molar-refractivity contribution in [1.29, 1.82) is 0 Å². The van der Waals surface area contributed by atoms with Crippen LogP contribution in [0.5, 0.6) is 0 Å². The molecule has 0 radical (unpaired) electrons. The van der Waals surface area contributed by atoms with E-state index < -0.39 is 0 Å². The van der Waals surface area contributed by atoms with Gasteiger partial charge in [0.2, 0.25) is 0 Å². The summed E-state index contributed by atoms with van der Waals surface area (Å²) in [7, 11) is 1.59. The van der Waals surface area contributed by atoms with Crippen LogP contribution < -0.4 is 0 Å². The molecule has 1 heterocycles. The fraction of sp³-hybridized carbons (Fsp3) is 0.826. The van der Waals surface area contributed by atoms with Crippen LogP contribution in [0.4, 0.5) is 0 Å². The fourth-order valence-electron chi connectivity index (χ4n) is 3.69. The number of likely N-dealkylation sites (N-methyl/N-ethyl adjacent to an activating group) is 1. The minimum absolute atomic E-state index is 0.0130. The summed E-state index contributed by atoms with van der Waals surface area (Å²) in [5, 5.41) is 10.0. The van der Waals surface area contributed by atoms with Gasteiger partial charge in [-0.05, 0) is 18.3 Å². The maximum atomic E-state index is 11.8. The van der Waals surface area contributed by atoms with Gasteiger partial charge < -0.3 is 10.0 Å². The van der Waals surface area contributed by atoms with E-state index in [1.807, 2.05) is 0 Å². The second kappa shape index (κ2) is 13.0. The second-order valence-electron chi connectivity index (χ2n) is 8.85. The summed E-state index contributed by atoms with van der Waals surface area (Å²) >= 11 is 0. The lowest BCUT2D eigenvalue weighted by atomic mass is 9.94. The van der Waals surface area contributed by atoms with Crippen LogP contribution in [0.25, 0.3) is 0 Å². The first kappa shape index (κ1) is 23.7. The predicted molar refractivity (Wildman–Crippen MR) is 112 cm³/mol. The van der Waals surface area contributed by atoms with Gasteiger partial charge in [0.05, 0.1) is 6.54 Å². The highest BCUT2D eigenvalue weighted by Gasteiger charge is 2.33. The highest BCUT2D eigenvalue weighted by Crippen LogP contribution is 2.21. The monoisotopic (exact) mass is 379 g/mol. The molecule has 0 aromatic heterocycles. The van der Waals surface area contributed by atoms with Crippen LogP contribution in [0.15, 0.2) is 11.3 Å². The Kier molecular flexibility index (Phi) is 11.4. The summed E-state index contributed by atoms with van der Waals surface area (Å²) in [4.78, 5) is 24.9. The van der Waals surface area contributed by atoms with Crippen LogP contribution in [0, 0.1) is 11.8 Å². The Morgan fingerprint density at radius 1 is 0.889 bits per heavy atom. The number of unbranched alkanes of at least 4 members (excludes halogenated alkanes) is 7. The highest BCUT2D eigenvalue weighted by molar-refractivity contribution is 6.25. The molecule has 1 fully saturated rings. The third kappa shape index (κ3) is 9.44. The normalized spacial score (nSPS) is 17.9. The van der Waals surface area contributed by atoms with Crippen LogP contribution in [0.1, 0.15) is 97.8 Å². The minimum atomic E-state index is -0.337. The molecule has 1 aliphatic heterocycles. The van der Waals surface area contributed by atoms with Gasteiger partial charge in [-0.15, -0.1) is 0 Å². The molecule has 4 heteroatoms. The van der Waals surface area contributed by atoms with Gasteiger partial charge in [-0.1, -0.05) is 85.0 Å². The molecule has 27 heavy (non-hydrogen) atoms. The Morgan fingerprint density at radius 2 is 1.44 bits per heavy atom. The maximum absolute atomic E-state index is 11.8. The summed E-state index contributed by atoms with van der Waals surface area (Å²) in [5.74, 6) is 1.09. The predicted octanol–water partition coefficient (Wildman–Crippen LogP) is 5.81. The van der Waals surface area contributed by atoms with Crippen LogP contribution in [0.3, 0.4) is 0 Å².